The molecule has 3 N–H and O–H groups in total. The van der Waals surface area contributed by atoms with Crippen LogP contribution in [-0.4, -0.2) is 31.6 Å². The van der Waals surface area contributed by atoms with Gasteiger partial charge in [-0.3, -0.25) is 4.79 Å². The minimum atomic E-state index is -0.346. The first-order valence-corrected chi connectivity index (χ1v) is 11.9. The molecule has 4 rings (SSSR count). The monoisotopic (exact) mass is 456 g/mol. The van der Waals surface area contributed by atoms with Crippen LogP contribution in [0.3, 0.4) is 0 Å². The maximum atomic E-state index is 13.2. The summed E-state index contributed by atoms with van der Waals surface area (Å²) in [5.41, 5.74) is 3.97. The second-order valence-corrected chi connectivity index (χ2v) is 8.84. The highest BCUT2D eigenvalue weighted by molar-refractivity contribution is 6.04. The summed E-state index contributed by atoms with van der Waals surface area (Å²) >= 11 is 0. The smallest absolute Gasteiger partial charge is 0.323 e. The average Bonchev–Trinajstić information content (AvgIpc) is 2.86. The first-order chi connectivity index (χ1) is 16.6. The number of anilines is 3. The summed E-state index contributed by atoms with van der Waals surface area (Å²) in [5.74, 6) is 0.568. The molecule has 0 spiro atoms. The van der Waals surface area contributed by atoms with Crippen molar-refractivity contribution in [3.05, 3.63) is 90.0 Å². The molecule has 6 heteroatoms. The zero-order valence-corrected chi connectivity index (χ0v) is 19.6. The molecule has 3 amide bonds. The van der Waals surface area contributed by atoms with E-state index in [0.717, 1.165) is 38.0 Å². The molecular weight excluding hydrogens is 424 g/mol. The van der Waals surface area contributed by atoms with Gasteiger partial charge in [-0.2, -0.15) is 0 Å². The van der Waals surface area contributed by atoms with Crippen LogP contribution in [0.1, 0.15) is 35.7 Å². The largest absolute Gasteiger partial charge is 0.371 e. The van der Waals surface area contributed by atoms with Crippen LogP contribution in [0.2, 0.25) is 0 Å². The predicted molar refractivity (Wildman–Crippen MR) is 139 cm³/mol. The van der Waals surface area contributed by atoms with Crippen molar-refractivity contribution in [2.45, 2.75) is 26.2 Å². The number of nitrogens with zero attached hydrogens (tertiary/aromatic N) is 1. The van der Waals surface area contributed by atoms with Crippen LogP contribution in [-0.2, 0) is 6.42 Å². The number of benzene rings is 3. The van der Waals surface area contributed by atoms with Crippen molar-refractivity contribution in [2.75, 3.05) is 35.2 Å². The Bertz CT molecular complexity index is 1090. The van der Waals surface area contributed by atoms with E-state index in [0.29, 0.717) is 29.4 Å². The minimum absolute atomic E-state index is 0.128. The molecule has 1 aliphatic rings. The van der Waals surface area contributed by atoms with Crippen molar-refractivity contribution in [1.29, 1.82) is 0 Å². The standard InChI is InChI=1S/C28H32N4O2/c1-21-15-18-32(19-16-21)26-13-12-24(31-28(34)30-23-10-6-3-7-11-23)20-25(26)27(33)29-17-14-22-8-4-2-5-9-22/h2-13,20-21H,14-19H2,1H3,(H,29,33)(H2,30,31,34). The Hall–Kier alpha value is -3.80. The molecule has 0 unspecified atom stereocenters. The average molecular weight is 457 g/mol. The number of urea groups is 1. The normalized spacial score (nSPS) is 13.9. The lowest BCUT2D eigenvalue weighted by atomic mass is 9.97. The molecule has 0 aliphatic carbocycles. The third kappa shape index (κ3) is 6.38. The summed E-state index contributed by atoms with van der Waals surface area (Å²) in [5, 5.41) is 8.73. The fourth-order valence-electron chi connectivity index (χ4n) is 4.20. The Morgan fingerprint density at radius 1 is 0.853 bits per heavy atom. The number of hydrogen-bond donors (Lipinski definition) is 3. The van der Waals surface area contributed by atoms with Gasteiger partial charge in [0.1, 0.15) is 0 Å². The van der Waals surface area contributed by atoms with Crippen LogP contribution in [0.4, 0.5) is 21.9 Å². The lowest BCUT2D eigenvalue weighted by molar-refractivity contribution is 0.0954. The van der Waals surface area contributed by atoms with Gasteiger partial charge in [0.05, 0.1) is 5.56 Å². The first kappa shape index (κ1) is 23.4. The molecule has 0 radical (unpaired) electrons. The van der Waals surface area contributed by atoms with E-state index in [1.807, 2.05) is 60.7 Å². The number of hydrogen-bond acceptors (Lipinski definition) is 3. The lowest BCUT2D eigenvalue weighted by Crippen LogP contribution is -2.35. The van der Waals surface area contributed by atoms with Crippen LogP contribution in [0.5, 0.6) is 0 Å². The first-order valence-electron chi connectivity index (χ1n) is 11.9. The van der Waals surface area contributed by atoms with Gasteiger partial charge in [-0.05, 0) is 61.1 Å². The van der Waals surface area contributed by atoms with E-state index in [1.165, 1.54) is 5.56 Å². The molecule has 1 heterocycles. The van der Waals surface area contributed by atoms with Gasteiger partial charge < -0.3 is 20.9 Å². The Balaban J connectivity index is 1.48. The Labute approximate surface area is 201 Å². The maximum Gasteiger partial charge on any atom is 0.323 e. The van der Waals surface area contributed by atoms with Gasteiger partial charge in [-0.1, -0.05) is 55.5 Å². The molecule has 1 fully saturated rings. The summed E-state index contributed by atoms with van der Waals surface area (Å²) in [6.45, 7) is 4.66. The molecule has 6 nitrogen and oxygen atoms in total. The van der Waals surface area contributed by atoms with Crippen molar-refractivity contribution in [3.8, 4) is 0 Å². The van der Waals surface area contributed by atoms with E-state index in [9.17, 15) is 9.59 Å². The van der Waals surface area contributed by atoms with Crippen molar-refractivity contribution in [1.82, 2.24) is 5.32 Å². The lowest BCUT2D eigenvalue weighted by Gasteiger charge is -2.33. The third-order valence-electron chi connectivity index (χ3n) is 6.20. The summed E-state index contributed by atoms with van der Waals surface area (Å²) < 4.78 is 0. The van der Waals surface area contributed by atoms with Crippen LogP contribution >= 0.6 is 0 Å². The van der Waals surface area contributed by atoms with E-state index in [4.69, 9.17) is 0 Å². The number of carbonyl (C=O) groups is 2. The number of carbonyl (C=O) groups excluding carboxylic acids is 2. The topological polar surface area (TPSA) is 73.5 Å². The molecule has 0 bridgehead atoms. The zero-order valence-electron chi connectivity index (χ0n) is 19.6. The van der Waals surface area contributed by atoms with E-state index in [-0.39, 0.29) is 11.9 Å². The van der Waals surface area contributed by atoms with E-state index >= 15 is 0 Å². The molecular formula is C28H32N4O2. The van der Waals surface area contributed by atoms with Crippen molar-refractivity contribution in [2.24, 2.45) is 5.92 Å². The summed E-state index contributed by atoms with van der Waals surface area (Å²) in [6.07, 6.45) is 2.98. The highest BCUT2D eigenvalue weighted by atomic mass is 16.2. The van der Waals surface area contributed by atoms with E-state index < -0.39 is 0 Å². The molecule has 1 saturated heterocycles. The van der Waals surface area contributed by atoms with Crippen molar-refractivity contribution < 1.29 is 9.59 Å². The van der Waals surface area contributed by atoms with Crippen LogP contribution < -0.4 is 20.9 Å². The predicted octanol–water partition coefficient (Wildman–Crippen LogP) is 5.54. The van der Waals surface area contributed by atoms with Gasteiger partial charge in [0.15, 0.2) is 0 Å². The van der Waals surface area contributed by atoms with Crippen LogP contribution in [0, 0.1) is 5.92 Å². The quantitative estimate of drug-likeness (QED) is 0.437. The summed E-state index contributed by atoms with van der Waals surface area (Å²) in [7, 11) is 0. The molecule has 34 heavy (non-hydrogen) atoms. The fourth-order valence-corrected chi connectivity index (χ4v) is 4.20. The van der Waals surface area contributed by atoms with E-state index in [1.54, 1.807) is 6.07 Å². The van der Waals surface area contributed by atoms with Gasteiger partial charge in [0.2, 0.25) is 0 Å². The van der Waals surface area contributed by atoms with Crippen LogP contribution in [0.15, 0.2) is 78.9 Å². The number of nitrogens with one attached hydrogen (secondary N) is 3. The van der Waals surface area contributed by atoms with Gasteiger partial charge in [-0.25, -0.2) is 4.79 Å². The zero-order chi connectivity index (χ0) is 23.8. The molecule has 3 aromatic rings. The molecule has 0 saturated carbocycles. The Kier molecular flexibility index (Phi) is 7.81. The van der Waals surface area contributed by atoms with Crippen molar-refractivity contribution in [3.63, 3.8) is 0 Å². The maximum absolute atomic E-state index is 13.2. The Morgan fingerprint density at radius 3 is 2.21 bits per heavy atom. The molecule has 1 aliphatic heterocycles. The molecule has 176 valence electrons. The number of rotatable bonds is 7. The Morgan fingerprint density at radius 2 is 1.50 bits per heavy atom. The van der Waals surface area contributed by atoms with Gasteiger partial charge in [0, 0.05) is 36.7 Å². The van der Waals surface area contributed by atoms with Gasteiger partial charge >= 0.3 is 6.03 Å². The van der Waals surface area contributed by atoms with Gasteiger partial charge in [-0.15, -0.1) is 0 Å². The molecule has 0 aromatic heterocycles. The highest BCUT2D eigenvalue weighted by Crippen LogP contribution is 2.29. The second kappa shape index (κ2) is 11.4. The van der Waals surface area contributed by atoms with Gasteiger partial charge in [0.25, 0.3) is 5.91 Å². The number of para-hydroxylation sites is 1. The SMILES string of the molecule is CC1CCN(c2ccc(NC(=O)Nc3ccccc3)cc2C(=O)NCCc2ccccc2)CC1. The number of amides is 3. The summed E-state index contributed by atoms with van der Waals surface area (Å²) in [4.78, 5) is 28.0. The summed E-state index contributed by atoms with van der Waals surface area (Å²) in [6, 6.07) is 24.6. The molecule has 3 aromatic carbocycles. The fraction of sp³-hybridized carbons (Fsp3) is 0.286. The minimum Gasteiger partial charge on any atom is -0.371 e. The molecule has 0 atom stereocenters. The number of piperidine rings is 1. The third-order valence-corrected chi connectivity index (χ3v) is 6.20. The highest BCUT2D eigenvalue weighted by Gasteiger charge is 2.22. The second-order valence-electron chi connectivity index (χ2n) is 8.84. The van der Waals surface area contributed by atoms with Crippen molar-refractivity contribution >= 4 is 29.0 Å². The van der Waals surface area contributed by atoms with Crippen LogP contribution in [0.25, 0.3) is 0 Å². The van der Waals surface area contributed by atoms with E-state index in [2.05, 4.69) is 39.9 Å².